The van der Waals surface area contributed by atoms with Crippen LogP contribution >= 0.6 is 0 Å². The van der Waals surface area contributed by atoms with Crippen molar-refractivity contribution >= 4 is 12.1 Å². The summed E-state index contributed by atoms with van der Waals surface area (Å²) in [6.07, 6.45) is 4.92. The van der Waals surface area contributed by atoms with E-state index < -0.39 is 23.7 Å². The molecule has 1 amide bonds. The van der Waals surface area contributed by atoms with E-state index in [1.165, 1.54) is 4.90 Å². The topological polar surface area (TPSA) is 66.8 Å². The van der Waals surface area contributed by atoms with Crippen molar-refractivity contribution in [2.75, 3.05) is 6.54 Å². The molecule has 17 heavy (non-hydrogen) atoms. The third-order valence-electron chi connectivity index (χ3n) is 2.45. The molecule has 0 bridgehead atoms. The smallest absolute Gasteiger partial charge is 0.411 e. The number of amides is 1. The highest BCUT2D eigenvalue weighted by atomic mass is 16.6. The Kier molecular flexibility index (Phi) is 3.66. The molecule has 1 aliphatic rings. The minimum atomic E-state index is -1.05. The summed E-state index contributed by atoms with van der Waals surface area (Å²) in [6.45, 7) is 5.43. The van der Waals surface area contributed by atoms with Crippen molar-refractivity contribution in [2.45, 2.75) is 38.8 Å². The summed E-state index contributed by atoms with van der Waals surface area (Å²) in [5, 5.41) is 9.03. The Bertz CT molecular complexity index is 364. The SMILES string of the molecule is C#CC1C[C@@H](C(=O)O)N(C(=O)OC(C)(C)C)C1. The van der Waals surface area contributed by atoms with Gasteiger partial charge in [-0.3, -0.25) is 4.90 Å². The maximum Gasteiger partial charge on any atom is 0.411 e. The predicted molar refractivity (Wildman–Crippen MR) is 61.3 cm³/mol. The number of hydrogen-bond acceptors (Lipinski definition) is 3. The van der Waals surface area contributed by atoms with Gasteiger partial charge in [-0.15, -0.1) is 12.3 Å². The van der Waals surface area contributed by atoms with Gasteiger partial charge in [0.1, 0.15) is 11.6 Å². The molecule has 1 aliphatic heterocycles. The molecule has 0 saturated carbocycles. The summed E-state index contributed by atoms with van der Waals surface area (Å²) in [5.41, 5.74) is -0.644. The Labute approximate surface area is 101 Å². The molecule has 1 heterocycles. The van der Waals surface area contributed by atoms with Gasteiger partial charge in [0.25, 0.3) is 0 Å². The highest BCUT2D eigenvalue weighted by Crippen LogP contribution is 2.25. The fraction of sp³-hybridized carbons (Fsp3) is 0.667. The maximum absolute atomic E-state index is 11.8. The standard InChI is InChI=1S/C12H17NO4/c1-5-8-6-9(10(14)15)13(7-8)11(16)17-12(2,3)4/h1,8-9H,6-7H2,2-4H3,(H,14,15)/t8?,9-/m0/s1. The molecule has 94 valence electrons. The zero-order valence-electron chi connectivity index (χ0n) is 10.3. The number of carbonyl (C=O) groups excluding carboxylic acids is 1. The maximum atomic E-state index is 11.8. The van der Waals surface area contributed by atoms with Crippen molar-refractivity contribution in [1.82, 2.24) is 4.90 Å². The molecular weight excluding hydrogens is 222 g/mol. The van der Waals surface area contributed by atoms with E-state index in [-0.39, 0.29) is 18.9 Å². The fourth-order valence-electron chi connectivity index (χ4n) is 1.71. The fourth-order valence-corrected chi connectivity index (χ4v) is 1.71. The number of likely N-dealkylation sites (tertiary alicyclic amines) is 1. The average molecular weight is 239 g/mol. The zero-order valence-corrected chi connectivity index (χ0v) is 10.3. The van der Waals surface area contributed by atoms with E-state index in [0.29, 0.717) is 0 Å². The molecule has 5 heteroatoms. The predicted octanol–water partition coefficient (Wildman–Crippen LogP) is 1.33. The van der Waals surface area contributed by atoms with Crippen molar-refractivity contribution in [3.8, 4) is 12.3 Å². The van der Waals surface area contributed by atoms with Crippen LogP contribution in [0.15, 0.2) is 0 Å². The summed E-state index contributed by atoms with van der Waals surface area (Å²) < 4.78 is 5.15. The van der Waals surface area contributed by atoms with Crippen LogP contribution in [0.3, 0.4) is 0 Å². The number of ether oxygens (including phenoxy) is 1. The van der Waals surface area contributed by atoms with Crippen LogP contribution in [-0.2, 0) is 9.53 Å². The van der Waals surface area contributed by atoms with Crippen LogP contribution in [0.25, 0.3) is 0 Å². The van der Waals surface area contributed by atoms with Crippen molar-refractivity contribution in [1.29, 1.82) is 0 Å². The van der Waals surface area contributed by atoms with E-state index in [4.69, 9.17) is 16.3 Å². The van der Waals surface area contributed by atoms with Crippen LogP contribution in [0.5, 0.6) is 0 Å². The Morgan fingerprint density at radius 1 is 1.47 bits per heavy atom. The zero-order chi connectivity index (χ0) is 13.2. The molecule has 1 fully saturated rings. The van der Waals surface area contributed by atoms with Crippen LogP contribution in [-0.4, -0.2) is 40.3 Å². The Hall–Kier alpha value is -1.70. The highest BCUT2D eigenvalue weighted by Gasteiger charge is 2.40. The highest BCUT2D eigenvalue weighted by molar-refractivity contribution is 5.81. The van der Waals surface area contributed by atoms with Gasteiger partial charge < -0.3 is 9.84 Å². The Balaban J connectivity index is 2.78. The van der Waals surface area contributed by atoms with Crippen molar-refractivity contribution in [3.05, 3.63) is 0 Å². The van der Waals surface area contributed by atoms with E-state index in [1.54, 1.807) is 20.8 Å². The second kappa shape index (κ2) is 4.66. The number of rotatable bonds is 1. The van der Waals surface area contributed by atoms with E-state index in [9.17, 15) is 9.59 Å². The lowest BCUT2D eigenvalue weighted by Crippen LogP contribution is -2.43. The molecule has 0 aromatic carbocycles. The van der Waals surface area contributed by atoms with E-state index in [0.717, 1.165) is 0 Å². The Morgan fingerprint density at radius 2 is 2.06 bits per heavy atom. The van der Waals surface area contributed by atoms with Gasteiger partial charge in [-0.2, -0.15) is 0 Å². The van der Waals surface area contributed by atoms with Gasteiger partial charge in [0, 0.05) is 12.5 Å². The van der Waals surface area contributed by atoms with Gasteiger partial charge in [-0.05, 0) is 27.2 Å². The molecule has 0 aromatic rings. The number of terminal acetylenes is 1. The van der Waals surface area contributed by atoms with E-state index >= 15 is 0 Å². The lowest BCUT2D eigenvalue weighted by atomic mass is 10.1. The molecular formula is C12H17NO4. The molecule has 0 spiro atoms. The number of carboxylic acids is 1. The average Bonchev–Trinajstić information content (AvgIpc) is 2.58. The van der Waals surface area contributed by atoms with E-state index in [1.807, 2.05) is 0 Å². The normalized spacial score (nSPS) is 24.2. The third kappa shape index (κ3) is 3.38. The van der Waals surface area contributed by atoms with Gasteiger partial charge in [-0.1, -0.05) is 0 Å². The molecule has 0 aliphatic carbocycles. The van der Waals surface area contributed by atoms with Crippen LogP contribution in [0.4, 0.5) is 4.79 Å². The van der Waals surface area contributed by atoms with Crippen LogP contribution in [0.2, 0.25) is 0 Å². The molecule has 1 unspecified atom stereocenters. The van der Waals surface area contributed by atoms with Crippen LogP contribution in [0, 0.1) is 18.3 Å². The summed E-state index contributed by atoms with van der Waals surface area (Å²) in [5.74, 6) is 1.22. The monoisotopic (exact) mass is 239 g/mol. The van der Waals surface area contributed by atoms with Crippen molar-refractivity contribution in [3.63, 3.8) is 0 Å². The lowest BCUT2D eigenvalue weighted by Gasteiger charge is -2.26. The molecule has 1 N–H and O–H groups in total. The van der Waals surface area contributed by atoms with Crippen molar-refractivity contribution < 1.29 is 19.4 Å². The van der Waals surface area contributed by atoms with Crippen LogP contribution in [0.1, 0.15) is 27.2 Å². The largest absolute Gasteiger partial charge is 0.480 e. The van der Waals surface area contributed by atoms with Gasteiger partial charge in [0.2, 0.25) is 0 Å². The first kappa shape index (κ1) is 13.4. The molecule has 2 atom stereocenters. The molecule has 0 aromatic heterocycles. The molecule has 1 rings (SSSR count). The summed E-state index contributed by atoms with van der Waals surface area (Å²) in [4.78, 5) is 24.0. The minimum Gasteiger partial charge on any atom is -0.480 e. The molecule has 1 saturated heterocycles. The number of nitrogens with zero attached hydrogens (tertiary/aromatic N) is 1. The lowest BCUT2D eigenvalue weighted by molar-refractivity contribution is -0.142. The second-order valence-corrected chi connectivity index (χ2v) is 5.09. The summed E-state index contributed by atoms with van der Waals surface area (Å²) in [7, 11) is 0. The first-order chi connectivity index (χ1) is 7.74. The van der Waals surface area contributed by atoms with Crippen molar-refractivity contribution in [2.24, 2.45) is 5.92 Å². The third-order valence-corrected chi connectivity index (χ3v) is 2.45. The number of hydrogen-bond donors (Lipinski definition) is 1. The van der Waals surface area contributed by atoms with Gasteiger partial charge in [0.05, 0.1) is 0 Å². The quantitative estimate of drug-likeness (QED) is 0.701. The number of carbonyl (C=O) groups is 2. The molecule has 5 nitrogen and oxygen atoms in total. The first-order valence-electron chi connectivity index (χ1n) is 5.43. The minimum absolute atomic E-state index is 0.219. The van der Waals surface area contributed by atoms with Gasteiger partial charge in [0.15, 0.2) is 0 Å². The number of carboxylic acid groups (broad SMARTS) is 1. The van der Waals surface area contributed by atoms with Gasteiger partial charge >= 0.3 is 12.1 Å². The second-order valence-electron chi connectivity index (χ2n) is 5.09. The Morgan fingerprint density at radius 3 is 2.47 bits per heavy atom. The summed E-state index contributed by atoms with van der Waals surface area (Å²) in [6, 6.07) is -0.883. The number of aliphatic carboxylic acids is 1. The summed E-state index contributed by atoms with van der Waals surface area (Å²) >= 11 is 0. The van der Waals surface area contributed by atoms with Gasteiger partial charge in [-0.25, -0.2) is 9.59 Å². The van der Waals surface area contributed by atoms with Crippen LogP contribution < -0.4 is 0 Å². The molecule has 0 radical (unpaired) electrons. The van der Waals surface area contributed by atoms with E-state index in [2.05, 4.69) is 5.92 Å². The first-order valence-corrected chi connectivity index (χ1v) is 5.43.